The summed E-state index contributed by atoms with van der Waals surface area (Å²) < 4.78 is 7.21. The first-order valence-corrected chi connectivity index (χ1v) is 10.9. The predicted octanol–water partition coefficient (Wildman–Crippen LogP) is 5.26. The van der Waals surface area contributed by atoms with Crippen molar-refractivity contribution >= 4 is 22.5 Å². The van der Waals surface area contributed by atoms with Gasteiger partial charge in [-0.25, -0.2) is 0 Å². The van der Waals surface area contributed by atoms with E-state index in [-0.39, 0.29) is 12.5 Å². The standard InChI is InChI=1S/C26H23N5O2/c1-3-18-7-6-8-20(15-18)27-23(32)16-31-22-10-5-4-9-21(22)24(29-31)26-28-25(30-33-26)19-13-11-17(2)12-14-19/h4-15H,3,16H2,1-2H3,(H,27,32). The van der Waals surface area contributed by atoms with Crippen LogP contribution in [0.5, 0.6) is 0 Å². The lowest BCUT2D eigenvalue weighted by atomic mass is 10.1. The van der Waals surface area contributed by atoms with Crippen molar-refractivity contribution in [2.75, 3.05) is 5.32 Å². The number of amides is 1. The van der Waals surface area contributed by atoms with Gasteiger partial charge in [0.05, 0.1) is 5.52 Å². The highest BCUT2D eigenvalue weighted by molar-refractivity contribution is 5.94. The van der Waals surface area contributed by atoms with E-state index in [1.165, 1.54) is 5.56 Å². The molecule has 7 nitrogen and oxygen atoms in total. The Morgan fingerprint density at radius 2 is 1.85 bits per heavy atom. The lowest BCUT2D eigenvalue weighted by Gasteiger charge is -2.07. The van der Waals surface area contributed by atoms with Crippen LogP contribution in [0.3, 0.4) is 0 Å². The molecule has 1 amide bonds. The molecular weight excluding hydrogens is 414 g/mol. The van der Waals surface area contributed by atoms with Crippen molar-refractivity contribution in [3.8, 4) is 23.0 Å². The van der Waals surface area contributed by atoms with Gasteiger partial charge in [-0.3, -0.25) is 9.48 Å². The molecule has 0 fully saturated rings. The van der Waals surface area contributed by atoms with Crippen LogP contribution >= 0.6 is 0 Å². The topological polar surface area (TPSA) is 85.8 Å². The Bertz CT molecular complexity index is 1430. The van der Waals surface area contributed by atoms with Gasteiger partial charge in [-0.2, -0.15) is 10.1 Å². The fourth-order valence-corrected chi connectivity index (χ4v) is 3.75. The zero-order valence-corrected chi connectivity index (χ0v) is 18.4. The summed E-state index contributed by atoms with van der Waals surface area (Å²) in [7, 11) is 0. The molecule has 0 saturated heterocycles. The fraction of sp³-hybridized carbons (Fsp3) is 0.154. The smallest absolute Gasteiger partial charge is 0.279 e. The molecule has 5 rings (SSSR count). The zero-order chi connectivity index (χ0) is 22.8. The normalized spacial score (nSPS) is 11.1. The molecule has 5 aromatic rings. The van der Waals surface area contributed by atoms with E-state index >= 15 is 0 Å². The molecule has 0 aliphatic carbocycles. The third-order valence-corrected chi connectivity index (χ3v) is 5.51. The Morgan fingerprint density at radius 1 is 1.03 bits per heavy atom. The fourth-order valence-electron chi connectivity index (χ4n) is 3.75. The zero-order valence-electron chi connectivity index (χ0n) is 18.4. The number of benzene rings is 3. The van der Waals surface area contributed by atoms with Gasteiger partial charge in [0, 0.05) is 16.6 Å². The van der Waals surface area contributed by atoms with Crippen LogP contribution in [0.15, 0.2) is 77.3 Å². The molecule has 2 heterocycles. The minimum atomic E-state index is -0.158. The van der Waals surface area contributed by atoms with E-state index in [0.717, 1.165) is 34.1 Å². The van der Waals surface area contributed by atoms with E-state index in [4.69, 9.17) is 4.52 Å². The number of rotatable bonds is 6. The monoisotopic (exact) mass is 437 g/mol. The summed E-state index contributed by atoms with van der Waals surface area (Å²) >= 11 is 0. The first kappa shape index (κ1) is 20.6. The highest BCUT2D eigenvalue weighted by atomic mass is 16.5. The second-order valence-electron chi connectivity index (χ2n) is 7.91. The van der Waals surface area contributed by atoms with E-state index in [9.17, 15) is 4.79 Å². The minimum absolute atomic E-state index is 0.0653. The van der Waals surface area contributed by atoms with Crippen LogP contribution in [-0.4, -0.2) is 25.8 Å². The quantitative estimate of drug-likeness (QED) is 0.391. The summed E-state index contributed by atoms with van der Waals surface area (Å²) in [5.74, 6) is 0.655. The average Bonchev–Trinajstić information content (AvgIpc) is 3.45. The number of anilines is 1. The number of hydrogen-bond acceptors (Lipinski definition) is 5. The molecule has 0 unspecified atom stereocenters. The molecule has 0 bridgehead atoms. The van der Waals surface area contributed by atoms with Crippen molar-refractivity contribution in [1.82, 2.24) is 19.9 Å². The maximum absolute atomic E-state index is 12.8. The summed E-state index contributed by atoms with van der Waals surface area (Å²) in [6, 6.07) is 23.5. The van der Waals surface area contributed by atoms with Crippen molar-refractivity contribution in [2.24, 2.45) is 0 Å². The van der Waals surface area contributed by atoms with Gasteiger partial charge in [-0.1, -0.05) is 72.2 Å². The molecule has 0 spiro atoms. The maximum Gasteiger partial charge on any atom is 0.279 e. The minimum Gasteiger partial charge on any atom is -0.332 e. The summed E-state index contributed by atoms with van der Waals surface area (Å²) in [4.78, 5) is 17.3. The predicted molar refractivity (Wildman–Crippen MR) is 128 cm³/mol. The van der Waals surface area contributed by atoms with Crippen LogP contribution in [0.25, 0.3) is 33.9 Å². The Morgan fingerprint density at radius 3 is 2.67 bits per heavy atom. The molecule has 33 heavy (non-hydrogen) atoms. The molecule has 0 radical (unpaired) electrons. The van der Waals surface area contributed by atoms with Gasteiger partial charge in [-0.05, 0) is 37.1 Å². The largest absolute Gasteiger partial charge is 0.332 e. The molecule has 0 atom stereocenters. The molecular formula is C26H23N5O2. The summed E-state index contributed by atoms with van der Waals surface area (Å²) in [6.07, 6.45) is 0.908. The van der Waals surface area contributed by atoms with Gasteiger partial charge in [0.25, 0.3) is 5.89 Å². The number of nitrogens with one attached hydrogen (secondary N) is 1. The lowest BCUT2D eigenvalue weighted by Crippen LogP contribution is -2.19. The van der Waals surface area contributed by atoms with Crippen LogP contribution in [0, 0.1) is 6.92 Å². The first-order chi connectivity index (χ1) is 16.1. The summed E-state index contributed by atoms with van der Waals surface area (Å²) in [5, 5.41) is 12.6. The lowest BCUT2D eigenvalue weighted by molar-refractivity contribution is -0.116. The highest BCUT2D eigenvalue weighted by Gasteiger charge is 2.19. The Hall–Kier alpha value is -4.26. The molecule has 0 saturated carbocycles. The Balaban J connectivity index is 1.44. The molecule has 2 aromatic heterocycles. The first-order valence-electron chi connectivity index (χ1n) is 10.9. The summed E-state index contributed by atoms with van der Waals surface area (Å²) in [6.45, 7) is 4.18. The number of aromatic nitrogens is 4. The van der Waals surface area contributed by atoms with Gasteiger partial charge in [-0.15, -0.1) is 0 Å². The molecule has 164 valence electrons. The number of para-hydroxylation sites is 1. The van der Waals surface area contributed by atoms with Crippen molar-refractivity contribution in [1.29, 1.82) is 0 Å². The second kappa shape index (κ2) is 8.70. The van der Waals surface area contributed by atoms with Crippen LogP contribution < -0.4 is 5.32 Å². The highest BCUT2D eigenvalue weighted by Crippen LogP contribution is 2.28. The van der Waals surface area contributed by atoms with Crippen molar-refractivity contribution in [3.63, 3.8) is 0 Å². The number of hydrogen-bond donors (Lipinski definition) is 1. The molecule has 7 heteroatoms. The van der Waals surface area contributed by atoms with Gasteiger partial charge in [0.1, 0.15) is 6.54 Å². The maximum atomic E-state index is 12.8. The van der Waals surface area contributed by atoms with Gasteiger partial charge in [0.15, 0.2) is 5.69 Å². The number of carbonyl (C=O) groups excluding carboxylic acids is 1. The molecule has 1 N–H and O–H groups in total. The third kappa shape index (κ3) is 4.25. The molecule has 3 aromatic carbocycles. The van der Waals surface area contributed by atoms with E-state index in [0.29, 0.717) is 17.4 Å². The Kier molecular flexibility index (Phi) is 5.44. The van der Waals surface area contributed by atoms with E-state index in [1.807, 2.05) is 79.7 Å². The van der Waals surface area contributed by atoms with Crippen LogP contribution in [0.4, 0.5) is 5.69 Å². The number of nitrogens with zero attached hydrogens (tertiary/aromatic N) is 4. The van der Waals surface area contributed by atoms with E-state index in [2.05, 4.69) is 27.5 Å². The number of fused-ring (bicyclic) bond motifs is 1. The van der Waals surface area contributed by atoms with Gasteiger partial charge < -0.3 is 9.84 Å². The Labute approximate surface area is 191 Å². The van der Waals surface area contributed by atoms with Crippen LogP contribution in [-0.2, 0) is 17.8 Å². The van der Waals surface area contributed by atoms with Crippen LogP contribution in [0.2, 0.25) is 0 Å². The van der Waals surface area contributed by atoms with E-state index in [1.54, 1.807) is 4.68 Å². The molecule has 0 aliphatic heterocycles. The SMILES string of the molecule is CCc1cccc(NC(=O)Cn2nc(-c3nc(-c4ccc(C)cc4)no3)c3ccccc32)c1. The molecule has 0 aliphatic rings. The summed E-state index contributed by atoms with van der Waals surface area (Å²) in [5.41, 5.74) is 5.34. The third-order valence-electron chi connectivity index (χ3n) is 5.51. The number of aryl methyl sites for hydroxylation is 2. The second-order valence-corrected chi connectivity index (χ2v) is 7.91. The van der Waals surface area contributed by atoms with Gasteiger partial charge >= 0.3 is 0 Å². The number of carbonyl (C=O) groups is 1. The van der Waals surface area contributed by atoms with Crippen LogP contribution in [0.1, 0.15) is 18.1 Å². The van der Waals surface area contributed by atoms with Crippen molar-refractivity contribution in [3.05, 3.63) is 83.9 Å². The van der Waals surface area contributed by atoms with Crippen molar-refractivity contribution < 1.29 is 9.32 Å². The average molecular weight is 438 g/mol. The van der Waals surface area contributed by atoms with E-state index < -0.39 is 0 Å². The van der Waals surface area contributed by atoms with Crippen molar-refractivity contribution in [2.45, 2.75) is 26.8 Å². The van der Waals surface area contributed by atoms with Gasteiger partial charge in [0.2, 0.25) is 11.7 Å².